The zero-order valence-corrected chi connectivity index (χ0v) is 14.7. The first-order chi connectivity index (χ1) is 12.7. The largest absolute Gasteiger partial charge is 0.336 e. The SMILES string of the molecule is O=C(CSc1nnc(-c2ccccc2)c2ccccc12)N1CCNC1=O. The monoisotopic (exact) mass is 364 g/mol. The Morgan fingerprint density at radius 3 is 2.50 bits per heavy atom. The molecule has 0 radical (unpaired) electrons. The quantitative estimate of drug-likeness (QED) is 0.721. The molecule has 1 aliphatic rings. The van der Waals surface area contributed by atoms with Gasteiger partial charge >= 0.3 is 6.03 Å². The Bertz CT molecular complexity index is 978. The molecule has 1 aliphatic heterocycles. The number of rotatable bonds is 4. The average Bonchev–Trinajstić information content (AvgIpc) is 3.12. The summed E-state index contributed by atoms with van der Waals surface area (Å²) in [6, 6.07) is 17.5. The van der Waals surface area contributed by atoms with Gasteiger partial charge in [0.25, 0.3) is 0 Å². The molecule has 4 rings (SSSR count). The molecule has 3 amide bonds. The number of carbonyl (C=O) groups excluding carboxylic acids is 2. The molecule has 2 heterocycles. The zero-order chi connectivity index (χ0) is 17.9. The van der Waals surface area contributed by atoms with Crippen LogP contribution >= 0.6 is 11.8 Å². The minimum atomic E-state index is -0.328. The Morgan fingerprint density at radius 2 is 1.77 bits per heavy atom. The van der Waals surface area contributed by atoms with E-state index in [0.29, 0.717) is 18.1 Å². The fraction of sp³-hybridized carbons (Fsp3) is 0.158. The summed E-state index contributed by atoms with van der Waals surface area (Å²) in [5, 5.41) is 14.0. The summed E-state index contributed by atoms with van der Waals surface area (Å²) in [5.74, 6) is -0.0698. The van der Waals surface area contributed by atoms with Crippen molar-refractivity contribution in [2.75, 3.05) is 18.8 Å². The van der Waals surface area contributed by atoms with Crippen LogP contribution in [0.15, 0.2) is 59.6 Å². The lowest BCUT2D eigenvalue weighted by atomic mass is 10.1. The number of nitrogens with zero attached hydrogens (tertiary/aromatic N) is 3. The molecule has 7 heteroatoms. The molecule has 0 unspecified atom stereocenters. The van der Waals surface area contributed by atoms with Gasteiger partial charge in [0.05, 0.1) is 5.75 Å². The van der Waals surface area contributed by atoms with E-state index >= 15 is 0 Å². The molecule has 1 aromatic heterocycles. The molecule has 2 aromatic carbocycles. The van der Waals surface area contributed by atoms with Crippen LogP contribution in [-0.2, 0) is 4.79 Å². The summed E-state index contributed by atoms with van der Waals surface area (Å²) in [4.78, 5) is 25.1. The Hall–Kier alpha value is -2.93. The Labute approximate surface area is 154 Å². The van der Waals surface area contributed by atoms with Gasteiger partial charge < -0.3 is 5.32 Å². The fourth-order valence-corrected chi connectivity index (χ4v) is 3.76. The van der Waals surface area contributed by atoms with Crippen LogP contribution in [0.1, 0.15) is 0 Å². The van der Waals surface area contributed by atoms with Crippen molar-refractivity contribution >= 4 is 34.5 Å². The number of thioether (sulfide) groups is 1. The Kier molecular flexibility index (Phi) is 4.53. The van der Waals surface area contributed by atoms with Crippen molar-refractivity contribution in [1.82, 2.24) is 20.4 Å². The lowest BCUT2D eigenvalue weighted by Crippen LogP contribution is -2.35. The second kappa shape index (κ2) is 7.13. The summed E-state index contributed by atoms with van der Waals surface area (Å²) in [6.45, 7) is 0.918. The molecule has 6 nitrogen and oxygen atoms in total. The van der Waals surface area contributed by atoms with Gasteiger partial charge in [-0.15, -0.1) is 10.2 Å². The van der Waals surface area contributed by atoms with Gasteiger partial charge in [0.15, 0.2) is 0 Å². The van der Waals surface area contributed by atoms with Crippen molar-refractivity contribution < 1.29 is 9.59 Å². The molecule has 1 fully saturated rings. The van der Waals surface area contributed by atoms with Crippen molar-refractivity contribution in [2.24, 2.45) is 0 Å². The van der Waals surface area contributed by atoms with E-state index in [0.717, 1.165) is 22.0 Å². The van der Waals surface area contributed by atoms with Crippen LogP contribution in [0.4, 0.5) is 4.79 Å². The topological polar surface area (TPSA) is 75.2 Å². The van der Waals surface area contributed by atoms with Gasteiger partial charge in [0.2, 0.25) is 5.91 Å². The fourth-order valence-electron chi connectivity index (χ4n) is 2.91. The first-order valence-corrected chi connectivity index (χ1v) is 9.24. The number of hydrogen-bond donors (Lipinski definition) is 1. The van der Waals surface area contributed by atoms with Crippen molar-refractivity contribution in [3.63, 3.8) is 0 Å². The summed E-state index contributed by atoms with van der Waals surface area (Å²) in [7, 11) is 0. The maximum absolute atomic E-state index is 12.2. The lowest BCUT2D eigenvalue weighted by molar-refractivity contribution is -0.124. The van der Waals surface area contributed by atoms with Gasteiger partial charge in [-0.25, -0.2) is 4.79 Å². The predicted octanol–water partition coefficient (Wildman–Crippen LogP) is 2.94. The molecular formula is C19H16N4O2S. The molecule has 0 aliphatic carbocycles. The van der Waals surface area contributed by atoms with Gasteiger partial charge in [0, 0.05) is 29.4 Å². The lowest BCUT2D eigenvalue weighted by Gasteiger charge is -2.12. The highest BCUT2D eigenvalue weighted by atomic mass is 32.2. The number of nitrogens with one attached hydrogen (secondary N) is 1. The molecule has 0 spiro atoms. The van der Waals surface area contributed by atoms with Gasteiger partial charge in [-0.2, -0.15) is 0 Å². The molecular weight excluding hydrogens is 348 g/mol. The van der Waals surface area contributed by atoms with Gasteiger partial charge in [-0.3, -0.25) is 9.69 Å². The van der Waals surface area contributed by atoms with Crippen molar-refractivity contribution in [3.05, 3.63) is 54.6 Å². The summed E-state index contributed by atoms with van der Waals surface area (Å²) >= 11 is 1.31. The van der Waals surface area contributed by atoms with Crippen LogP contribution in [0.3, 0.4) is 0 Å². The molecule has 1 N–H and O–H groups in total. The molecule has 0 atom stereocenters. The third-order valence-electron chi connectivity index (χ3n) is 4.19. The molecule has 0 bridgehead atoms. The van der Waals surface area contributed by atoms with Crippen LogP contribution in [0, 0.1) is 0 Å². The first kappa shape index (κ1) is 16.5. The standard InChI is InChI=1S/C19H16N4O2S/c24-16(23-11-10-20-19(23)25)12-26-18-15-9-5-4-8-14(15)17(21-22-18)13-6-2-1-3-7-13/h1-9H,10-12H2,(H,20,25). The van der Waals surface area contributed by atoms with Crippen LogP contribution in [0.25, 0.3) is 22.0 Å². The van der Waals surface area contributed by atoms with Gasteiger partial charge in [0.1, 0.15) is 10.7 Å². The van der Waals surface area contributed by atoms with E-state index in [-0.39, 0.29) is 17.7 Å². The van der Waals surface area contributed by atoms with E-state index in [4.69, 9.17) is 0 Å². The highest BCUT2D eigenvalue weighted by Crippen LogP contribution is 2.31. The van der Waals surface area contributed by atoms with Crippen molar-refractivity contribution in [3.8, 4) is 11.3 Å². The second-order valence-corrected chi connectivity index (χ2v) is 6.80. The number of hydrogen-bond acceptors (Lipinski definition) is 5. The van der Waals surface area contributed by atoms with Crippen LogP contribution in [-0.4, -0.2) is 45.9 Å². The number of carbonyl (C=O) groups is 2. The normalized spacial score (nSPS) is 13.8. The van der Waals surface area contributed by atoms with E-state index in [9.17, 15) is 9.59 Å². The van der Waals surface area contributed by atoms with Crippen molar-refractivity contribution in [1.29, 1.82) is 0 Å². The summed E-state index contributed by atoms with van der Waals surface area (Å²) < 4.78 is 0. The first-order valence-electron chi connectivity index (χ1n) is 8.26. The van der Waals surface area contributed by atoms with Crippen LogP contribution in [0.2, 0.25) is 0 Å². The molecule has 3 aromatic rings. The smallest absolute Gasteiger partial charge is 0.324 e. The van der Waals surface area contributed by atoms with E-state index in [2.05, 4.69) is 15.5 Å². The summed E-state index contributed by atoms with van der Waals surface area (Å²) in [6.07, 6.45) is 0. The molecule has 26 heavy (non-hydrogen) atoms. The van der Waals surface area contributed by atoms with E-state index in [1.165, 1.54) is 16.7 Å². The Balaban J connectivity index is 1.63. The third kappa shape index (κ3) is 3.13. The number of amides is 3. The summed E-state index contributed by atoms with van der Waals surface area (Å²) in [5.41, 5.74) is 1.81. The molecule has 0 saturated carbocycles. The van der Waals surface area contributed by atoms with Crippen molar-refractivity contribution in [2.45, 2.75) is 5.03 Å². The minimum absolute atomic E-state index is 0.150. The van der Waals surface area contributed by atoms with Crippen LogP contribution < -0.4 is 5.32 Å². The highest BCUT2D eigenvalue weighted by molar-refractivity contribution is 8.00. The number of imide groups is 1. The van der Waals surface area contributed by atoms with E-state index in [1.807, 2.05) is 54.6 Å². The second-order valence-electron chi connectivity index (χ2n) is 5.83. The van der Waals surface area contributed by atoms with Gasteiger partial charge in [-0.1, -0.05) is 66.4 Å². The maximum Gasteiger partial charge on any atom is 0.324 e. The number of fused-ring (bicyclic) bond motifs is 1. The minimum Gasteiger partial charge on any atom is -0.336 e. The van der Waals surface area contributed by atoms with Gasteiger partial charge in [-0.05, 0) is 0 Å². The third-order valence-corrected chi connectivity index (χ3v) is 5.16. The highest BCUT2D eigenvalue weighted by Gasteiger charge is 2.26. The van der Waals surface area contributed by atoms with E-state index < -0.39 is 0 Å². The number of urea groups is 1. The maximum atomic E-state index is 12.2. The number of aromatic nitrogens is 2. The Morgan fingerprint density at radius 1 is 1.04 bits per heavy atom. The molecule has 130 valence electrons. The predicted molar refractivity (Wildman–Crippen MR) is 101 cm³/mol. The zero-order valence-electron chi connectivity index (χ0n) is 13.9. The van der Waals surface area contributed by atoms with E-state index in [1.54, 1.807) is 0 Å². The number of benzene rings is 2. The molecule has 1 saturated heterocycles. The average molecular weight is 364 g/mol. The van der Waals surface area contributed by atoms with Crippen LogP contribution in [0.5, 0.6) is 0 Å².